The Bertz CT molecular complexity index is 298. The second-order valence-corrected chi connectivity index (χ2v) is 3.07. The van der Waals surface area contributed by atoms with Crippen LogP contribution in [0.1, 0.15) is 11.7 Å². The van der Waals surface area contributed by atoms with E-state index in [1.807, 2.05) is 24.3 Å². The van der Waals surface area contributed by atoms with Crippen LogP contribution >= 0.6 is 0 Å². The number of para-hydroxylation sites is 1. The Morgan fingerprint density at radius 3 is 3.00 bits per heavy atom. The summed E-state index contributed by atoms with van der Waals surface area (Å²) in [5.74, 6) is 0.753. The quantitative estimate of drug-likeness (QED) is 0.704. The number of rotatable bonds is 1. The largest absolute Gasteiger partial charge is 0.490 e. The third-order valence-corrected chi connectivity index (χ3v) is 2.30. The van der Waals surface area contributed by atoms with Crippen molar-refractivity contribution in [3.05, 3.63) is 29.8 Å². The average Bonchev–Trinajstić information content (AvgIpc) is 2.19. The molecule has 70 valence electrons. The summed E-state index contributed by atoms with van der Waals surface area (Å²) in [7, 11) is 1.57. The van der Waals surface area contributed by atoms with Crippen LogP contribution in [0.4, 0.5) is 0 Å². The minimum atomic E-state index is -0.574. The number of fused-ring (bicyclic) bond motifs is 1. The molecule has 3 heteroatoms. The van der Waals surface area contributed by atoms with Crippen LogP contribution in [0.2, 0.25) is 0 Å². The van der Waals surface area contributed by atoms with Crippen molar-refractivity contribution in [3.63, 3.8) is 0 Å². The molecule has 2 rings (SSSR count). The van der Waals surface area contributed by atoms with Gasteiger partial charge < -0.3 is 14.6 Å². The monoisotopic (exact) mass is 180 g/mol. The van der Waals surface area contributed by atoms with Crippen LogP contribution in [-0.4, -0.2) is 24.9 Å². The summed E-state index contributed by atoms with van der Waals surface area (Å²) >= 11 is 0. The summed E-state index contributed by atoms with van der Waals surface area (Å²) in [6, 6.07) is 7.47. The van der Waals surface area contributed by atoms with Crippen LogP contribution in [0.15, 0.2) is 24.3 Å². The second kappa shape index (κ2) is 3.36. The molecule has 0 saturated heterocycles. The van der Waals surface area contributed by atoms with Crippen LogP contribution in [0.5, 0.6) is 5.75 Å². The molecule has 2 unspecified atom stereocenters. The van der Waals surface area contributed by atoms with Crippen molar-refractivity contribution in [1.82, 2.24) is 0 Å². The van der Waals surface area contributed by atoms with E-state index in [2.05, 4.69) is 0 Å². The zero-order chi connectivity index (χ0) is 9.26. The third kappa shape index (κ3) is 1.41. The van der Waals surface area contributed by atoms with Crippen molar-refractivity contribution < 1.29 is 14.6 Å². The first-order valence-corrected chi connectivity index (χ1v) is 4.25. The van der Waals surface area contributed by atoms with Gasteiger partial charge in [-0.3, -0.25) is 0 Å². The fourth-order valence-electron chi connectivity index (χ4n) is 1.52. The maximum atomic E-state index is 9.82. The summed E-state index contributed by atoms with van der Waals surface area (Å²) < 4.78 is 10.5. The molecule has 1 heterocycles. The molecule has 0 spiro atoms. The molecule has 1 N–H and O–H groups in total. The molecule has 0 bridgehead atoms. The SMILES string of the molecule is COC1COc2ccccc2C1O. The molecule has 1 aromatic carbocycles. The predicted molar refractivity (Wildman–Crippen MR) is 47.7 cm³/mol. The number of aliphatic hydroxyl groups is 1. The molecule has 0 radical (unpaired) electrons. The van der Waals surface area contributed by atoms with Gasteiger partial charge in [-0.25, -0.2) is 0 Å². The van der Waals surface area contributed by atoms with Crippen molar-refractivity contribution in [2.45, 2.75) is 12.2 Å². The highest BCUT2D eigenvalue weighted by molar-refractivity contribution is 5.37. The van der Waals surface area contributed by atoms with E-state index < -0.39 is 6.10 Å². The number of benzene rings is 1. The molecule has 0 aromatic heterocycles. The Hall–Kier alpha value is -1.06. The Balaban J connectivity index is 2.33. The van der Waals surface area contributed by atoms with Crippen LogP contribution in [0.25, 0.3) is 0 Å². The van der Waals surface area contributed by atoms with E-state index in [4.69, 9.17) is 9.47 Å². The van der Waals surface area contributed by atoms with Gasteiger partial charge in [-0.05, 0) is 6.07 Å². The van der Waals surface area contributed by atoms with E-state index in [0.717, 1.165) is 11.3 Å². The van der Waals surface area contributed by atoms with Gasteiger partial charge in [0.25, 0.3) is 0 Å². The maximum absolute atomic E-state index is 9.82. The molecule has 0 amide bonds. The minimum Gasteiger partial charge on any atom is -0.490 e. The lowest BCUT2D eigenvalue weighted by molar-refractivity contribution is -0.0510. The smallest absolute Gasteiger partial charge is 0.125 e. The highest BCUT2D eigenvalue weighted by Gasteiger charge is 2.28. The number of hydrogen-bond acceptors (Lipinski definition) is 3. The van der Waals surface area contributed by atoms with Crippen LogP contribution < -0.4 is 4.74 Å². The molecule has 1 aromatic rings. The Morgan fingerprint density at radius 2 is 2.23 bits per heavy atom. The molecule has 1 aliphatic heterocycles. The fraction of sp³-hybridized carbons (Fsp3) is 0.400. The lowest BCUT2D eigenvalue weighted by Crippen LogP contribution is -2.32. The van der Waals surface area contributed by atoms with Gasteiger partial charge in [-0.15, -0.1) is 0 Å². The highest BCUT2D eigenvalue weighted by atomic mass is 16.5. The third-order valence-electron chi connectivity index (χ3n) is 2.30. The normalized spacial score (nSPS) is 26.3. The van der Waals surface area contributed by atoms with Crippen molar-refractivity contribution in [2.24, 2.45) is 0 Å². The Kier molecular flexibility index (Phi) is 2.20. The van der Waals surface area contributed by atoms with Gasteiger partial charge in [0.05, 0.1) is 0 Å². The van der Waals surface area contributed by atoms with E-state index in [0.29, 0.717) is 6.61 Å². The van der Waals surface area contributed by atoms with Gasteiger partial charge in [0.2, 0.25) is 0 Å². The van der Waals surface area contributed by atoms with Gasteiger partial charge >= 0.3 is 0 Å². The number of ether oxygens (including phenoxy) is 2. The average molecular weight is 180 g/mol. The number of aliphatic hydroxyl groups excluding tert-OH is 1. The predicted octanol–water partition coefficient (Wildman–Crippen LogP) is 1.13. The summed E-state index contributed by atoms with van der Waals surface area (Å²) in [6.07, 6.45) is -0.829. The van der Waals surface area contributed by atoms with E-state index >= 15 is 0 Å². The molecular weight excluding hydrogens is 168 g/mol. The summed E-state index contributed by atoms with van der Waals surface area (Å²) in [5.41, 5.74) is 0.806. The van der Waals surface area contributed by atoms with Crippen LogP contribution in [-0.2, 0) is 4.74 Å². The van der Waals surface area contributed by atoms with E-state index in [9.17, 15) is 5.11 Å². The molecular formula is C10H12O3. The topological polar surface area (TPSA) is 38.7 Å². The van der Waals surface area contributed by atoms with E-state index in [-0.39, 0.29) is 6.10 Å². The van der Waals surface area contributed by atoms with Crippen LogP contribution in [0.3, 0.4) is 0 Å². The number of methoxy groups -OCH3 is 1. The van der Waals surface area contributed by atoms with Gasteiger partial charge in [0.15, 0.2) is 0 Å². The van der Waals surface area contributed by atoms with E-state index in [1.54, 1.807) is 7.11 Å². The highest BCUT2D eigenvalue weighted by Crippen LogP contribution is 2.32. The first-order valence-electron chi connectivity index (χ1n) is 4.25. The molecule has 1 aliphatic rings. The van der Waals surface area contributed by atoms with Gasteiger partial charge in [-0.2, -0.15) is 0 Å². The van der Waals surface area contributed by atoms with Gasteiger partial charge in [0.1, 0.15) is 24.6 Å². The fourth-order valence-corrected chi connectivity index (χ4v) is 1.52. The van der Waals surface area contributed by atoms with E-state index in [1.165, 1.54) is 0 Å². The molecule has 2 atom stereocenters. The summed E-state index contributed by atoms with van der Waals surface area (Å²) in [6.45, 7) is 0.411. The molecule has 13 heavy (non-hydrogen) atoms. The molecule has 0 aliphatic carbocycles. The minimum absolute atomic E-state index is 0.255. The Morgan fingerprint density at radius 1 is 1.46 bits per heavy atom. The lowest BCUT2D eigenvalue weighted by Gasteiger charge is -2.28. The summed E-state index contributed by atoms with van der Waals surface area (Å²) in [5, 5.41) is 9.82. The second-order valence-electron chi connectivity index (χ2n) is 3.07. The van der Waals surface area contributed by atoms with Crippen molar-refractivity contribution in [2.75, 3.05) is 13.7 Å². The number of hydrogen-bond donors (Lipinski definition) is 1. The maximum Gasteiger partial charge on any atom is 0.125 e. The van der Waals surface area contributed by atoms with Gasteiger partial charge in [0, 0.05) is 12.7 Å². The van der Waals surface area contributed by atoms with Crippen molar-refractivity contribution in [3.8, 4) is 5.75 Å². The summed E-state index contributed by atoms with van der Waals surface area (Å²) in [4.78, 5) is 0. The molecule has 3 nitrogen and oxygen atoms in total. The van der Waals surface area contributed by atoms with Crippen LogP contribution in [0, 0.1) is 0 Å². The first kappa shape index (κ1) is 8.53. The first-order chi connectivity index (χ1) is 6.33. The lowest BCUT2D eigenvalue weighted by atomic mass is 10.0. The zero-order valence-corrected chi connectivity index (χ0v) is 7.43. The molecule has 0 fully saturated rings. The van der Waals surface area contributed by atoms with Crippen molar-refractivity contribution in [1.29, 1.82) is 0 Å². The van der Waals surface area contributed by atoms with Gasteiger partial charge in [-0.1, -0.05) is 18.2 Å². The van der Waals surface area contributed by atoms with Crippen molar-refractivity contribution >= 4 is 0 Å². The molecule has 0 saturated carbocycles. The Labute approximate surface area is 76.9 Å². The standard InChI is InChI=1S/C10H12O3/c1-12-9-6-13-8-5-3-2-4-7(8)10(9)11/h2-5,9-11H,6H2,1H3. The zero-order valence-electron chi connectivity index (χ0n) is 7.43.